The van der Waals surface area contributed by atoms with Gasteiger partial charge < -0.3 is 10.6 Å². The molecule has 4 nitrogen and oxygen atoms in total. The lowest BCUT2D eigenvalue weighted by atomic mass is 9.93. The number of piperidine rings is 1. The molecule has 1 aromatic carbocycles. The largest absolute Gasteiger partial charge is 0.371 e. The number of primary amides is 1. The van der Waals surface area contributed by atoms with Crippen LogP contribution in [0.4, 0.5) is 5.69 Å². The third kappa shape index (κ3) is 3.60. The molecular weight excluding hydrogens is 320 g/mol. The van der Waals surface area contributed by atoms with Crippen LogP contribution in [-0.4, -0.2) is 24.8 Å². The molecule has 0 aliphatic carbocycles. The second-order valence-electron chi connectivity index (χ2n) is 5.32. The van der Waals surface area contributed by atoms with E-state index in [1.54, 1.807) is 6.92 Å². The van der Waals surface area contributed by atoms with Crippen LogP contribution in [0.2, 0.25) is 0 Å². The highest BCUT2D eigenvalue weighted by Crippen LogP contribution is 2.28. The van der Waals surface area contributed by atoms with Crippen molar-refractivity contribution in [3.05, 3.63) is 28.2 Å². The molecule has 1 aliphatic heterocycles. The molecule has 20 heavy (non-hydrogen) atoms. The van der Waals surface area contributed by atoms with Gasteiger partial charge in [-0.2, -0.15) is 0 Å². The van der Waals surface area contributed by atoms with E-state index in [1.165, 1.54) is 0 Å². The Balaban J connectivity index is 2.02. The number of Topliss-reactive ketones (excluding diaryl/α,β-unsaturated/α-hetero) is 1. The molecule has 0 aromatic heterocycles. The van der Waals surface area contributed by atoms with E-state index >= 15 is 0 Å². The molecule has 1 amide bonds. The van der Waals surface area contributed by atoms with Crippen molar-refractivity contribution in [3.8, 4) is 0 Å². The zero-order valence-electron chi connectivity index (χ0n) is 11.6. The SMILES string of the molecule is CC(=O)c1ccc(N2CCC(CC(N)=O)CC2)cc1Br. The van der Waals surface area contributed by atoms with Crippen molar-refractivity contribution in [2.75, 3.05) is 18.0 Å². The van der Waals surface area contributed by atoms with Crippen LogP contribution in [0.15, 0.2) is 22.7 Å². The number of carbonyl (C=O) groups excluding carboxylic acids is 2. The molecule has 108 valence electrons. The molecule has 5 heteroatoms. The predicted molar refractivity (Wildman–Crippen MR) is 82.9 cm³/mol. The standard InChI is InChI=1S/C15H19BrN2O2/c1-10(19)13-3-2-12(9-14(13)16)18-6-4-11(5-7-18)8-15(17)20/h2-3,9,11H,4-8H2,1H3,(H2,17,20). The Labute approximate surface area is 127 Å². The minimum Gasteiger partial charge on any atom is -0.371 e. The van der Waals surface area contributed by atoms with Crippen molar-refractivity contribution in [2.24, 2.45) is 11.7 Å². The summed E-state index contributed by atoms with van der Waals surface area (Å²) < 4.78 is 0.835. The van der Waals surface area contributed by atoms with Gasteiger partial charge in [0.05, 0.1) is 0 Å². The number of halogens is 1. The fourth-order valence-corrected chi connectivity index (χ4v) is 3.31. The number of ketones is 1. The van der Waals surface area contributed by atoms with Crippen LogP contribution in [-0.2, 0) is 4.79 Å². The lowest BCUT2D eigenvalue weighted by molar-refractivity contribution is -0.119. The van der Waals surface area contributed by atoms with Gasteiger partial charge in [0, 0.05) is 35.2 Å². The quantitative estimate of drug-likeness (QED) is 0.858. The lowest BCUT2D eigenvalue weighted by Crippen LogP contribution is -2.35. The zero-order valence-corrected chi connectivity index (χ0v) is 13.1. The summed E-state index contributed by atoms with van der Waals surface area (Å²) in [6.45, 7) is 3.41. The molecule has 1 aliphatic rings. The number of amides is 1. The summed E-state index contributed by atoms with van der Waals surface area (Å²) in [5, 5.41) is 0. The van der Waals surface area contributed by atoms with E-state index in [-0.39, 0.29) is 11.7 Å². The van der Waals surface area contributed by atoms with E-state index in [0.29, 0.717) is 17.9 Å². The van der Waals surface area contributed by atoms with Crippen LogP contribution in [0, 0.1) is 5.92 Å². The first kappa shape index (κ1) is 15.0. The maximum atomic E-state index is 11.4. The van der Waals surface area contributed by atoms with Crippen molar-refractivity contribution in [1.29, 1.82) is 0 Å². The predicted octanol–water partition coefficient (Wildman–Crippen LogP) is 2.74. The number of rotatable bonds is 4. The monoisotopic (exact) mass is 338 g/mol. The number of anilines is 1. The van der Waals surface area contributed by atoms with Crippen molar-refractivity contribution in [1.82, 2.24) is 0 Å². The molecule has 0 spiro atoms. The normalized spacial score (nSPS) is 16.2. The van der Waals surface area contributed by atoms with E-state index < -0.39 is 0 Å². The number of carbonyl (C=O) groups is 2. The summed E-state index contributed by atoms with van der Waals surface area (Å²) in [6, 6.07) is 5.83. The number of hydrogen-bond donors (Lipinski definition) is 1. The summed E-state index contributed by atoms with van der Waals surface area (Å²) in [7, 11) is 0. The van der Waals surface area contributed by atoms with Gasteiger partial charge >= 0.3 is 0 Å². The fourth-order valence-electron chi connectivity index (χ4n) is 2.67. The maximum Gasteiger partial charge on any atom is 0.217 e. The first-order valence-electron chi connectivity index (χ1n) is 6.81. The summed E-state index contributed by atoms with van der Waals surface area (Å²) in [5.74, 6) is 0.254. The maximum absolute atomic E-state index is 11.4. The van der Waals surface area contributed by atoms with Crippen molar-refractivity contribution >= 4 is 33.3 Å². The zero-order chi connectivity index (χ0) is 14.7. The van der Waals surface area contributed by atoms with E-state index in [1.807, 2.05) is 18.2 Å². The van der Waals surface area contributed by atoms with Crippen molar-refractivity contribution in [2.45, 2.75) is 26.2 Å². The molecule has 1 aromatic rings. The first-order chi connectivity index (χ1) is 9.47. The smallest absolute Gasteiger partial charge is 0.217 e. The van der Waals surface area contributed by atoms with Gasteiger partial charge in [-0.1, -0.05) is 0 Å². The molecule has 0 saturated carbocycles. The van der Waals surface area contributed by atoms with Crippen LogP contribution in [0.1, 0.15) is 36.5 Å². The van der Waals surface area contributed by atoms with Gasteiger partial charge in [0.1, 0.15) is 0 Å². The Morgan fingerprint density at radius 3 is 2.50 bits per heavy atom. The van der Waals surface area contributed by atoms with Crippen LogP contribution in [0.3, 0.4) is 0 Å². The summed E-state index contributed by atoms with van der Waals surface area (Å²) in [4.78, 5) is 24.6. The number of nitrogens with zero attached hydrogens (tertiary/aromatic N) is 1. The van der Waals surface area contributed by atoms with Crippen molar-refractivity contribution in [3.63, 3.8) is 0 Å². The number of nitrogens with two attached hydrogens (primary N) is 1. The minimum atomic E-state index is -0.211. The molecule has 1 heterocycles. The summed E-state index contributed by atoms with van der Waals surface area (Å²) >= 11 is 3.45. The molecule has 2 N–H and O–H groups in total. The molecule has 0 atom stereocenters. The number of benzene rings is 1. The topological polar surface area (TPSA) is 63.4 Å². The van der Waals surface area contributed by atoms with Crippen LogP contribution < -0.4 is 10.6 Å². The van der Waals surface area contributed by atoms with Gasteiger partial charge in [0.15, 0.2) is 5.78 Å². The van der Waals surface area contributed by atoms with E-state index in [9.17, 15) is 9.59 Å². The Morgan fingerprint density at radius 1 is 1.35 bits per heavy atom. The summed E-state index contributed by atoms with van der Waals surface area (Å²) in [6.07, 6.45) is 2.45. The van der Waals surface area contributed by atoms with Crippen LogP contribution in [0.5, 0.6) is 0 Å². The third-order valence-corrected chi connectivity index (χ3v) is 4.46. The molecule has 0 radical (unpaired) electrons. The second-order valence-corrected chi connectivity index (χ2v) is 6.18. The Hall–Kier alpha value is -1.36. The Morgan fingerprint density at radius 2 is 2.00 bits per heavy atom. The van der Waals surface area contributed by atoms with Crippen molar-refractivity contribution < 1.29 is 9.59 Å². The molecule has 1 fully saturated rings. The molecule has 0 unspecified atom stereocenters. The van der Waals surface area contributed by atoms with E-state index in [4.69, 9.17) is 5.73 Å². The van der Waals surface area contributed by atoms with Gasteiger partial charge in [-0.25, -0.2) is 0 Å². The average molecular weight is 339 g/mol. The highest BCUT2D eigenvalue weighted by Gasteiger charge is 2.21. The highest BCUT2D eigenvalue weighted by molar-refractivity contribution is 9.10. The molecule has 2 rings (SSSR count). The van der Waals surface area contributed by atoms with Crippen LogP contribution in [0.25, 0.3) is 0 Å². The molecule has 1 saturated heterocycles. The van der Waals surface area contributed by atoms with E-state index in [0.717, 1.165) is 36.1 Å². The van der Waals surface area contributed by atoms with Gasteiger partial charge in [0.25, 0.3) is 0 Å². The van der Waals surface area contributed by atoms with Gasteiger partial charge in [-0.3, -0.25) is 9.59 Å². The van der Waals surface area contributed by atoms with Crippen LogP contribution >= 0.6 is 15.9 Å². The highest BCUT2D eigenvalue weighted by atomic mass is 79.9. The summed E-state index contributed by atoms with van der Waals surface area (Å²) in [5.41, 5.74) is 7.06. The minimum absolute atomic E-state index is 0.0589. The second kappa shape index (κ2) is 6.39. The first-order valence-corrected chi connectivity index (χ1v) is 7.60. The molecule has 0 bridgehead atoms. The van der Waals surface area contributed by atoms with Gasteiger partial charge in [-0.05, 0) is 59.8 Å². The fraction of sp³-hybridized carbons (Fsp3) is 0.467. The Kier molecular flexibility index (Phi) is 4.81. The average Bonchev–Trinajstić information content (AvgIpc) is 2.38. The number of hydrogen-bond acceptors (Lipinski definition) is 3. The lowest BCUT2D eigenvalue weighted by Gasteiger charge is -2.33. The third-order valence-electron chi connectivity index (χ3n) is 3.80. The van der Waals surface area contributed by atoms with E-state index in [2.05, 4.69) is 20.8 Å². The molecular formula is C15H19BrN2O2. The van der Waals surface area contributed by atoms with Gasteiger partial charge in [-0.15, -0.1) is 0 Å². The Bertz CT molecular complexity index is 523. The van der Waals surface area contributed by atoms with Gasteiger partial charge in [0.2, 0.25) is 5.91 Å².